The molecule has 2 heterocycles. The molecule has 0 aromatic heterocycles. The minimum absolute atomic E-state index is 0.141. The molecule has 0 saturated carbocycles. The van der Waals surface area contributed by atoms with Gasteiger partial charge in [-0.25, -0.2) is 9.18 Å². The van der Waals surface area contributed by atoms with E-state index in [0.29, 0.717) is 5.69 Å². The second-order valence-electron chi connectivity index (χ2n) is 6.23. The number of rotatable bonds is 4. The van der Waals surface area contributed by atoms with Crippen LogP contribution in [0.4, 0.5) is 20.6 Å². The van der Waals surface area contributed by atoms with Crippen LogP contribution in [0.25, 0.3) is 0 Å². The number of amides is 2. The van der Waals surface area contributed by atoms with Gasteiger partial charge in [-0.05, 0) is 18.2 Å². The molecule has 0 bridgehead atoms. The van der Waals surface area contributed by atoms with Gasteiger partial charge in [0.25, 0.3) is 0 Å². The number of halogens is 1. The highest BCUT2D eigenvalue weighted by Crippen LogP contribution is 2.29. The zero-order valence-electron chi connectivity index (χ0n) is 13.7. The van der Waals surface area contributed by atoms with Gasteiger partial charge in [0.15, 0.2) is 0 Å². The van der Waals surface area contributed by atoms with Crippen molar-refractivity contribution in [1.29, 1.82) is 0 Å². The zero-order chi connectivity index (χ0) is 18.1. The average Bonchev–Trinajstić information content (AvgIpc) is 3.08. The quantitative estimate of drug-likeness (QED) is 0.695. The first-order chi connectivity index (χ1) is 11.8. The van der Waals surface area contributed by atoms with Gasteiger partial charge in [0.2, 0.25) is 5.91 Å². The van der Waals surface area contributed by atoms with Gasteiger partial charge in [-0.15, -0.1) is 0 Å². The third kappa shape index (κ3) is 3.67. The van der Waals surface area contributed by atoms with E-state index in [2.05, 4.69) is 5.32 Å². The number of anilines is 2. The number of carbonyl (C=O) groups excluding carboxylic acids is 2. The van der Waals surface area contributed by atoms with Crippen molar-refractivity contribution in [2.75, 3.05) is 36.0 Å². The van der Waals surface area contributed by atoms with Crippen LogP contribution >= 0.6 is 0 Å². The summed E-state index contributed by atoms with van der Waals surface area (Å²) < 4.78 is 19.6. The summed E-state index contributed by atoms with van der Waals surface area (Å²) in [7, 11) is 0. The molecule has 25 heavy (non-hydrogen) atoms. The number of aliphatic hydroxyl groups excluding tert-OH is 2. The maximum absolute atomic E-state index is 14.4. The molecule has 1 aromatic rings. The van der Waals surface area contributed by atoms with Crippen molar-refractivity contribution in [3.8, 4) is 0 Å². The van der Waals surface area contributed by atoms with Crippen molar-refractivity contribution in [3.63, 3.8) is 0 Å². The van der Waals surface area contributed by atoms with Crippen molar-refractivity contribution < 1.29 is 28.9 Å². The molecule has 2 fully saturated rings. The molecule has 2 aliphatic heterocycles. The Morgan fingerprint density at radius 1 is 1.32 bits per heavy atom. The molecule has 0 radical (unpaired) electrons. The lowest BCUT2D eigenvalue weighted by Gasteiger charge is -2.20. The summed E-state index contributed by atoms with van der Waals surface area (Å²) in [6, 6.07) is 4.30. The zero-order valence-corrected chi connectivity index (χ0v) is 13.7. The van der Waals surface area contributed by atoms with Crippen LogP contribution in [0.3, 0.4) is 0 Å². The van der Waals surface area contributed by atoms with E-state index in [1.54, 1.807) is 11.0 Å². The summed E-state index contributed by atoms with van der Waals surface area (Å²) in [6.45, 7) is 2.06. The number of ether oxygens (including phenoxy) is 1. The molecule has 2 aliphatic rings. The van der Waals surface area contributed by atoms with E-state index >= 15 is 0 Å². The van der Waals surface area contributed by atoms with Crippen LogP contribution in [0.15, 0.2) is 18.2 Å². The van der Waals surface area contributed by atoms with Gasteiger partial charge in [0.1, 0.15) is 11.9 Å². The van der Waals surface area contributed by atoms with Crippen molar-refractivity contribution in [2.24, 2.45) is 0 Å². The highest BCUT2D eigenvalue weighted by atomic mass is 19.1. The predicted octanol–water partition coefficient (Wildman–Crippen LogP) is -0.171. The molecule has 136 valence electrons. The van der Waals surface area contributed by atoms with E-state index in [1.807, 2.05) is 0 Å². The molecule has 0 aliphatic carbocycles. The molecule has 3 atom stereocenters. The predicted molar refractivity (Wildman–Crippen MR) is 86.9 cm³/mol. The third-order valence-electron chi connectivity index (χ3n) is 4.30. The second kappa shape index (κ2) is 6.85. The van der Waals surface area contributed by atoms with Gasteiger partial charge in [-0.2, -0.15) is 0 Å². The van der Waals surface area contributed by atoms with Gasteiger partial charge in [-0.1, -0.05) is 0 Å². The Balaban J connectivity index is 1.70. The van der Waals surface area contributed by atoms with E-state index in [9.17, 15) is 24.2 Å². The molecule has 2 saturated heterocycles. The summed E-state index contributed by atoms with van der Waals surface area (Å²) in [4.78, 5) is 25.7. The van der Waals surface area contributed by atoms with Gasteiger partial charge in [0, 0.05) is 20.0 Å². The maximum Gasteiger partial charge on any atom is 0.414 e. The number of hydrogen-bond acceptors (Lipinski definition) is 6. The Morgan fingerprint density at radius 2 is 2.00 bits per heavy atom. The number of hydrogen-bond donors (Lipinski definition) is 3. The van der Waals surface area contributed by atoms with Gasteiger partial charge in [0.05, 0.1) is 36.7 Å². The van der Waals surface area contributed by atoms with Crippen LogP contribution in [0.2, 0.25) is 0 Å². The summed E-state index contributed by atoms with van der Waals surface area (Å²) in [5.41, 5.74) is 0.596. The molecule has 2 amide bonds. The smallest absolute Gasteiger partial charge is 0.414 e. The number of carbonyl (C=O) groups is 2. The van der Waals surface area contributed by atoms with Crippen molar-refractivity contribution in [3.05, 3.63) is 24.0 Å². The lowest BCUT2D eigenvalue weighted by atomic mass is 10.2. The Morgan fingerprint density at radius 3 is 2.60 bits per heavy atom. The Hall–Kier alpha value is -2.39. The maximum atomic E-state index is 14.4. The van der Waals surface area contributed by atoms with Gasteiger partial charge in [-0.3, -0.25) is 9.69 Å². The van der Waals surface area contributed by atoms with E-state index in [4.69, 9.17) is 4.74 Å². The average molecular weight is 353 g/mol. The normalized spacial score (nSPS) is 26.1. The Labute approximate surface area is 143 Å². The fourth-order valence-corrected chi connectivity index (χ4v) is 2.98. The molecule has 0 unspecified atom stereocenters. The first-order valence-corrected chi connectivity index (χ1v) is 7.98. The number of nitrogens with zero attached hydrogens (tertiary/aromatic N) is 2. The van der Waals surface area contributed by atoms with Crippen LogP contribution in [0, 0.1) is 5.82 Å². The van der Waals surface area contributed by atoms with Gasteiger partial charge < -0.3 is 25.2 Å². The summed E-state index contributed by atoms with van der Waals surface area (Å²) in [5.74, 6) is -0.781. The SMILES string of the molecule is CC(=O)NC[C@H]1CN(c2ccc(N3C[C@H](O)[C@@H](O)C3)c(F)c2)C(=O)O1. The topological polar surface area (TPSA) is 102 Å². The molecule has 0 spiro atoms. The molecular weight excluding hydrogens is 333 g/mol. The summed E-state index contributed by atoms with van der Waals surface area (Å²) in [5, 5.41) is 21.7. The van der Waals surface area contributed by atoms with Crippen LogP contribution < -0.4 is 15.1 Å². The number of nitrogens with one attached hydrogen (secondary N) is 1. The largest absolute Gasteiger partial charge is 0.442 e. The molecular formula is C16H20FN3O5. The summed E-state index contributed by atoms with van der Waals surface area (Å²) in [6.07, 6.45) is -2.93. The Bertz CT molecular complexity index is 676. The van der Waals surface area contributed by atoms with Crippen LogP contribution in [0.1, 0.15) is 6.92 Å². The first kappa shape index (κ1) is 17.4. The molecule has 3 N–H and O–H groups in total. The van der Waals surface area contributed by atoms with E-state index in [0.717, 1.165) is 0 Å². The van der Waals surface area contributed by atoms with Crippen molar-refractivity contribution in [2.45, 2.75) is 25.2 Å². The molecule has 3 rings (SSSR count). The minimum Gasteiger partial charge on any atom is -0.442 e. The van der Waals surface area contributed by atoms with E-state index in [1.165, 1.54) is 24.0 Å². The highest BCUT2D eigenvalue weighted by molar-refractivity contribution is 5.90. The van der Waals surface area contributed by atoms with E-state index < -0.39 is 30.2 Å². The highest BCUT2D eigenvalue weighted by Gasteiger charge is 2.34. The fraction of sp³-hybridized carbons (Fsp3) is 0.500. The van der Waals surface area contributed by atoms with Crippen LogP contribution in [0.5, 0.6) is 0 Å². The lowest BCUT2D eigenvalue weighted by molar-refractivity contribution is -0.119. The Kier molecular flexibility index (Phi) is 4.78. The van der Waals surface area contributed by atoms with E-state index in [-0.39, 0.29) is 37.8 Å². The second-order valence-corrected chi connectivity index (χ2v) is 6.23. The molecule has 9 heteroatoms. The minimum atomic E-state index is -0.915. The van der Waals surface area contributed by atoms with Crippen molar-refractivity contribution >= 4 is 23.4 Å². The fourth-order valence-electron chi connectivity index (χ4n) is 2.98. The lowest BCUT2D eigenvalue weighted by Crippen LogP contribution is -2.33. The number of cyclic esters (lactones) is 1. The molecule has 8 nitrogen and oxygen atoms in total. The standard InChI is InChI=1S/C16H20FN3O5/c1-9(21)18-5-11-6-20(16(24)25-11)10-2-3-13(12(17)4-10)19-7-14(22)15(23)8-19/h2-4,11,14-15,22-23H,5-8H2,1H3,(H,18,21)/t11-,14-,15-/m0/s1. The van der Waals surface area contributed by atoms with Crippen LogP contribution in [-0.2, 0) is 9.53 Å². The summed E-state index contributed by atoms with van der Waals surface area (Å²) >= 11 is 0. The first-order valence-electron chi connectivity index (χ1n) is 7.98. The number of benzene rings is 1. The van der Waals surface area contributed by atoms with Crippen LogP contribution in [-0.4, -0.2) is 66.7 Å². The molecule has 1 aromatic carbocycles. The number of β-amino-alcohol motifs (C(OH)–C–C–N with tert-alkyl or cyclic N) is 2. The van der Waals surface area contributed by atoms with Gasteiger partial charge >= 0.3 is 6.09 Å². The third-order valence-corrected chi connectivity index (χ3v) is 4.30. The van der Waals surface area contributed by atoms with Crippen molar-refractivity contribution in [1.82, 2.24) is 5.32 Å². The monoisotopic (exact) mass is 353 g/mol. The number of aliphatic hydroxyl groups is 2.